The average molecular weight is 150 g/mol. The van der Waals surface area contributed by atoms with Crippen LogP contribution in [0.1, 0.15) is 0 Å². The predicted octanol–water partition coefficient (Wildman–Crippen LogP) is -3.15. The number of aliphatic hydroxyl groups is 2. The van der Waals surface area contributed by atoms with Crippen molar-refractivity contribution in [3.05, 3.63) is 0 Å². The Labute approximate surface area is 59.4 Å². The topological polar surface area (TPSA) is 103 Å². The van der Waals surface area contributed by atoms with Gasteiger partial charge in [-0.15, -0.1) is 0 Å². The smallest absolute Gasteiger partial charge is 0.106 e. The summed E-state index contributed by atoms with van der Waals surface area (Å²) in [6, 6.07) is 0. The summed E-state index contributed by atoms with van der Waals surface area (Å²) in [5, 5.41) is 16.8. The Morgan fingerprint density at radius 3 is 2.50 bits per heavy atom. The second kappa shape index (κ2) is 6.87. The molecule has 0 amide bonds. The van der Waals surface area contributed by atoms with Crippen molar-refractivity contribution in [3.63, 3.8) is 0 Å². The molecule has 62 valence electrons. The first-order chi connectivity index (χ1) is 4.85. The molecule has 0 aromatic carbocycles. The van der Waals surface area contributed by atoms with E-state index in [2.05, 4.69) is 16.3 Å². The molecule has 0 saturated carbocycles. The van der Waals surface area contributed by atoms with Gasteiger partial charge < -0.3 is 10.2 Å². The highest BCUT2D eigenvalue weighted by Crippen LogP contribution is 1.65. The summed E-state index contributed by atoms with van der Waals surface area (Å²) in [5.41, 5.74) is 7.56. The third-order valence-corrected chi connectivity index (χ3v) is 0.897. The maximum absolute atomic E-state index is 8.52. The van der Waals surface area contributed by atoms with Crippen molar-refractivity contribution in [2.45, 2.75) is 6.17 Å². The van der Waals surface area contributed by atoms with E-state index < -0.39 is 0 Å². The second-order valence-electron chi connectivity index (χ2n) is 1.70. The molecule has 0 bridgehead atoms. The first-order valence-electron chi connectivity index (χ1n) is 3.01. The van der Waals surface area contributed by atoms with Gasteiger partial charge in [0.25, 0.3) is 0 Å². The van der Waals surface area contributed by atoms with Crippen LogP contribution in [0.3, 0.4) is 0 Å². The standard InChI is InChI=1S/C4H14N4O2/c5-7-4(3-10)8-6-1-2-9/h4,6-10H,1-3,5H2. The van der Waals surface area contributed by atoms with Crippen molar-refractivity contribution < 1.29 is 10.2 Å². The highest BCUT2D eigenvalue weighted by Gasteiger charge is 1.99. The Balaban J connectivity index is 3.09. The Bertz CT molecular complexity index is 68.3. The quantitative estimate of drug-likeness (QED) is 0.103. The van der Waals surface area contributed by atoms with E-state index in [1.165, 1.54) is 0 Å². The van der Waals surface area contributed by atoms with Crippen LogP contribution in [0.15, 0.2) is 0 Å². The molecular formula is C4H14N4O2. The first-order valence-corrected chi connectivity index (χ1v) is 3.01. The van der Waals surface area contributed by atoms with Gasteiger partial charge in [-0.25, -0.2) is 10.9 Å². The van der Waals surface area contributed by atoms with E-state index in [1.807, 2.05) is 0 Å². The predicted molar refractivity (Wildman–Crippen MR) is 36.4 cm³/mol. The molecular weight excluding hydrogens is 136 g/mol. The lowest BCUT2D eigenvalue weighted by molar-refractivity contribution is 0.198. The van der Waals surface area contributed by atoms with Gasteiger partial charge in [-0.1, -0.05) is 0 Å². The van der Waals surface area contributed by atoms with Gasteiger partial charge in [-0.05, 0) is 0 Å². The van der Waals surface area contributed by atoms with Crippen molar-refractivity contribution >= 4 is 0 Å². The van der Waals surface area contributed by atoms with Crippen LogP contribution in [0.2, 0.25) is 0 Å². The van der Waals surface area contributed by atoms with Crippen LogP contribution >= 0.6 is 0 Å². The van der Waals surface area contributed by atoms with Gasteiger partial charge in [-0.2, -0.15) is 0 Å². The van der Waals surface area contributed by atoms with Crippen molar-refractivity contribution in [1.29, 1.82) is 0 Å². The van der Waals surface area contributed by atoms with Crippen LogP contribution < -0.4 is 22.1 Å². The van der Waals surface area contributed by atoms with Gasteiger partial charge in [0.05, 0.1) is 13.2 Å². The number of rotatable bonds is 6. The lowest BCUT2D eigenvalue weighted by Gasteiger charge is -2.14. The van der Waals surface area contributed by atoms with Gasteiger partial charge in [0.15, 0.2) is 0 Å². The van der Waals surface area contributed by atoms with Crippen molar-refractivity contribution in [2.24, 2.45) is 5.84 Å². The summed E-state index contributed by atoms with van der Waals surface area (Å²) in [4.78, 5) is 0. The molecule has 0 aliphatic rings. The fourth-order valence-electron chi connectivity index (χ4n) is 0.391. The summed E-state index contributed by atoms with van der Waals surface area (Å²) in [6.07, 6.45) is -0.383. The second-order valence-corrected chi connectivity index (χ2v) is 1.70. The molecule has 0 aliphatic carbocycles. The minimum atomic E-state index is -0.383. The molecule has 1 atom stereocenters. The van der Waals surface area contributed by atoms with Gasteiger partial charge in [-0.3, -0.25) is 11.3 Å². The Hall–Kier alpha value is -0.240. The molecule has 6 nitrogen and oxygen atoms in total. The lowest BCUT2D eigenvalue weighted by Crippen LogP contribution is -2.54. The van der Waals surface area contributed by atoms with E-state index in [9.17, 15) is 0 Å². The van der Waals surface area contributed by atoms with E-state index >= 15 is 0 Å². The molecule has 10 heavy (non-hydrogen) atoms. The van der Waals surface area contributed by atoms with Gasteiger partial charge in [0, 0.05) is 6.54 Å². The zero-order valence-corrected chi connectivity index (χ0v) is 5.67. The molecule has 0 aromatic rings. The normalized spacial score (nSPS) is 13.5. The molecule has 6 heteroatoms. The summed E-state index contributed by atoms with van der Waals surface area (Å²) in [5.74, 6) is 4.99. The fraction of sp³-hybridized carbons (Fsp3) is 1.00. The van der Waals surface area contributed by atoms with E-state index in [0.717, 1.165) is 0 Å². The Morgan fingerprint density at radius 2 is 2.10 bits per heavy atom. The van der Waals surface area contributed by atoms with Crippen LogP contribution in [0.25, 0.3) is 0 Å². The third-order valence-electron chi connectivity index (χ3n) is 0.897. The molecule has 1 unspecified atom stereocenters. The maximum atomic E-state index is 8.52. The Kier molecular flexibility index (Phi) is 6.71. The minimum Gasteiger partial charge on any atom is -0.395 e. The number of nitrogens with two attached hydrogens (primary N) is 1. The van der Waals surface area contributed by atoms with Crippen molar-refractivity contribution in [1.82, 2.24) is 16.3 Å². The average Bonchev–Trinajstić information content (AvgIpc) is 1.99. The monoisotopic (exact) mass is 150 g/mol. The maximum Gasteiger partial charge on any atom is 0.106 e. The lowest BCUT2D eigenvalue weighted by atomic mass is 10.6. The number of aliphatic hydroxyl groups excluding tert-OH is 2. The zero-order chi connectivity index (χ0) is 7.82. The zero-order valence-electron chi connectivity index (χ0n) is 5.67. The summed E-state index contributed by atoms with van der Waals surface area (Å²) < 4.78 is 0. The van der Waals surface area contributed by atoms with Crippen molar-refractivity contribution in [3.8, 4) is 0 Å². The number of hydrazine groups is 2. The molecule has 0 radical (unpaired) electrons. The molecule has 0 aromatic heterocycles. The van der Waals surface area contributed by atoms with Crippen LogP contribution in [-0.2, 0) is 0 Å². The van der Waals surface area contributed by atoms with Crippen LogP contribution in [-0.4, -0.2) is 36.1 Å². The first kappa shape index (κ1) is 9.76. The van der Waals surface area contributed by atoms with Gasteiger partial charge >= 0.3 is 0 Å². The molecule has 0 fully saturated rings. The van der Waals surface area contributed by atoms with Gasteiger partial charge in [0.1, 0.15) is 6.17 Å². The van der Waals surface area contributed by atoms with E-state index in [0.29, 0.717) is 6.54 Å². The van der Waals surface area contributed by atoms with Gasteiger partial charge in [0.2, 0.25) is 0 Å². The number of nitrogens with one attached hydrogen (secondary N) is 3. The van der Waals surface area contributed by atoms with E-state index in [4.69, 9.17) is 16.1 Å². The van der Waals surface area contributed by atoms with E-state index in [1.54, 1.807) is 0 Å². The molecule has 0 rings (SSSR count). The largest absolute Gasteiger partial charge is 0.395 e. The highest BCUT2D eigenvalue weighted by molar-refractivity contribution is 4.53. The molecule has 0 heterocycles. The minimum absolute atomic E-state index is 0.0374. The van der Waals surface area contributed by atoms with E-state index in [-0.39, 0.29) is 19.4 Å². The van der Waals surface area contributed by atoms with Crippen molar-refractivity contribution in [2.75, 3.05) is 19.8 Å². The highest BCUT2D eigenvalue weighted by atomic mass is 16.3. The molecule has 0 spiro atoms. The summed E-state index contributed by atoms with van der Waals surface area (Å²) in [6.45, 7) is 0.336. The Morgan fingerprint density at radius 1 is 1.40 bits per heavy atom. The summed E-state index contributed by atoms with van der Waals surface area (Å²) >= 11 is 0. The molecule has 0 aliphatic heterocycles. The fourth-order valence-corrected chi connectivity index (χ4v) is 0.391. The van der Waals surface area contributed by atoms with Crippen LogP contribution in [0, 0.1) is 0 Å². The number of hydrogen-bond acceptors (Lipinski definition) is 6. The number of hydrogen-bond donors (Lipinski definition) is 6. The third kappa shape index (κ3) is 4.62. The SMILES string of the molecule is NNC(CO)NNCCO. The summed E-state index contributed by atoms with van der Waals surface area (Å²) in [7, 11) is 0. The van der Waals surface area contributed by atoms with Crippen LogP contribution in [0.5, 0.6) is 0 Å². The molecule has 7 N–H and O–H groups in total. The molecule has 0 saturated heterocycles. The van der Waals surface area contributed by atoms with Crippen LogP contribution in [0.4, 0.5) is 0 Å².